The summed E-state index contributed by atoms with van der Waals surface area (Å²) in [5.41, 5.74) is 2.02. The van der Waals surface area contributed by atoms with E-state index in [1.807, 2.05) is 35.2 Å². The molecule has 1 amide bonds. The van der Waals surface area contributed by atoms with Crippen LogP contribution in [0.4, 0.5) is 0 Å². The molecule has 0 N–H and O–H groups in total. The Labute approximate surface area is 202 Å². The van der Waals surface area contributed by atoms with Gasteiger partial charge in [0.15, 0.2) is 11.5 Å². The minimum atomic E-state index is -3.43. The molecule has 0 radical (unpaired) electrons. The van der Waals surface area contributed by atoms with E-state index in [-0.39, 0.29) is 11.9 Å². The third-order valence-corrected chi connectivity index (χ3v) is 8.78. The summed E-state index contributed by atoms with van der Waals surface area (Å²) in [6, 6.07) is 12.9. The van der Waals surface area contributed by atoms with Crippen molar-refractivity contribution < 1.29 is 22.7 Å². The Kier molecular flexibility index (Phi) is 7.78. The first kappa shape index (κ1) is 24.5. The van der Waals surface area contributed by atoms with Crippen molar-refractivity contribution in [1.29, 1.82) is 0 Å². The number of hydrogen-bond donors (Lipinski definition) is 0. The number of carbonyl (C=O) groups is 1. The molecule has 2 aromatic carbocycles. The number of piperidine rings is 1. The van der Waals surface area contributed by atoms with E-state index in [0.717, 1.165) is 49.8 Å². The fourth-order valence-corrected chi connectivity index (χ4v) is 6.47. The van der Waals surface area contributed by atoms with Gasteiger partial charge in [-0.15, -0.1) is 0 Å². The van der Waals surface area contributed by atoms with Gasteiger partial charge in [0.25, 0.3) is 0 Å². The number of benzene rings is 2. The number of ether oxygens (including phenoxy) is 2. The Morgan fingerprint density at radius 2 is 1.62 bits per heavy atom. The van der Waals surface area contributed by atoms with Crippen molar-refractivity contribution in [3.8, 4) is 11.5 Å². The Morgan fingerprint density at radius 1 is 0.912 bits per heavy atom. The lowest BCUT2D eigenvalue weighted by Crippen LogP contribution is -2.35. The molecule has 34 heavy (non-hydrogen) atoms. The van der Waals surface area contributed by atoms with Crippen molar-refractivity contribution in [2.45, 2.75) is 55.9 Å². The SMILES string of the molecule is COc1ccc([C@@H]2CCCN2C(=O)CCc2ccc(S(=O)(=O)N3CCCCC3)cc2)cc1OC. The monoisotopic (exact) mass is 486 g/mol. The molecule has 0 aromatic heterocycles. The third-order valence-electron chi connectivity index (χ3n) is 6.87. The molecular weight excluding hydrogens is 452 g/mol. The van der Waals surface area contributed by atoms with Crippen molar-refractivity contribution in [2.75, 3.05) is 33.9 Å². The van der Waals surface area contributed by atoms with Crippen LogP contribution in [0.25, 0.3) is 0 Å². The molecule has 2 fully saturated rings. The van der Waals surface area contributed by atoms with Gasteiger partial charge in [-0.25, -0.2) is 8.42 Å². The first-order valence-electron chi connectivity index (χ1n) is 12.0. The number of nitrogens with zero attached hydrogens (tertiary/aromatic N) is 2. The number of rotatable bonds is 8. The third kappa shape index (κ3) is 5.23. The zero-order chi connectivity index (χ0) is 24.1. The highest BCUT2D eigenvalue weighted by Gasteiger charge is 2.30. The summed E-state index contributed by atoms with van der Waals surface area (Å²) in [4.78, 5) is 15.4. The van der Waals surface area contributed by atoms with Gasteiger partial charge in [-0.1, -0.05) is 24.6 Å². The lowest BCUT2D eigenvalue weighted by molar-refractivity contribution is -0.132. The summed E-state index contributed by atoms with van der Waals surface area (Å²) in [6.45, 7) is 1.93. The van der Waals surface area contributed by atoms with Crippen LogP contribution in [0.15, 0.2) is 47.4 Å². The summed E-state index contributed by atoms with van der Waals surface area (Å²) >= 11 is 0. The minimum Gasteiger partial charge on any atom is -0.493 e. The van der Waals surface area contributed by atoms with Gasteiger partial charge in [0.05, 0.1) is 25.2 Å². The van der Waals surface area contributed by atoms with E-state index in [9.17, 15) is 13.2 Å². The van der Waals surface area contributed by atoms with Gasteiger partial charge in [-0.2, -0.15) is 4.31 Å². The van der Waals surface area contributed by atoms with E-state index in [2.05, 4.69) is 0 Å². The Hall–Kier alpha value is -2.58. The van der Waals surface area contributed by atoms with E-state index in [1.165, 1.54) is 0 Å². The molecule has 4 rings (SSSR count). The molecule has 0 spiro atoms. The number of amides is 1. The van der Waals surface area contributed by atoms with Crippen molar-refractivity contribution in [2.24, 2.45) is 0 Å². The summed E-state index contributed by atoms with van der Waals surface area (Å²) in [5.74, 6) is 1.45. The molecule has 1 atom stereocenters. The standard InChI is InChI=1S/C26H34N2O5S/c1-32-24-14-11-21(19-25(24)33-2)23-7-6-18-28(23)26(29)15-10-20-8-12-22(13-9-20)34(30,31)27-16-4-3-5-17-27/h8-9,11-14,19,23H,3-7,10,15-18H2,1-2H3/t23-/m0/s1. The largest absolute Gasteiger partial charge is 0.493 e. The second-order valence-electron chi connectivity index (χ2n) is 8.97. The number of likely N-dealkylation sites (tertiary alicyclic amines) is 1. The fraction of sp³-hybridized carbons (Fsp3) is 0.500. The fourth-order valence-electron chi connectivity index (χ4n) is 4.95. The second kappa shape index (κ2) is 10.8. The van der Waals surface area contributed by atoms with Gasteiger partial charge in [0.1, 0.15) is 0 Å². The van der Waals surface area contributed by atoms with Crippen LogP contribution in [0.2, 0.25) is 0 Å². The highest BCUT2D eigenvalue weighted by molar-refractivity contribution is 7.89. The van der Waals surface area contributed by atoms with Crippen molar-refractivity contribution in [3.63, 3.8) is 0 Å². The molecule has 7 nitrogen and oxygen atoms in total. The van der Waals surface area contributed by atoms with Gasteiger partial charge in [-0.3, -0.25) is 4.79 Å². The van der Waals surface area contributed by atoms with Gasteiger partial charge < -0.3 is 14.4 Å². The smallest absolute Gasteiger partial charge is 0.243 e. The molecule has 184 valence electrons. The molecule has 2 aliphatic heterocycles. The number of sulfonamides is 1. The Bertz CT molecular complexity index is 1090. The van der Waals surface area contributed by atoms with Crippen LogP contribution in [-0.4, -0.2) is 57.4 Å². The number of carbonyl (C=O) groups excluding carboxylic acids is 1. The quantitative estimate of drug-likeness (QED) is 0.560. The maximum Gasteiger partial charge on any atom is 0.243 e. The summed E-state index contributed by atoms with van der Waals surface area (Å²) in [6.07, 6.45) is 5.78. The first-order valence-corrected chi connectivity index (χ1v) is 13.5. The van der Waals surface area contributed by atoms with Crippen LogP contribution in [0.1, 0.15) is 55.7 Å². The average molecular weight is 487 g/mol. The summed E-state index contributed by atoms with van der Waals surface area (Å²) < 4.78 is 38.0. The zero-order valence-corrected chi connectivity index (χ0v) is 20.9. The molecule has 2 aromatic rings. The first-order chi connectivity index (χ1) is 16.4. The van der Waals surface area contributed by atoms with Crippen LogP contribution >= 0.6 is 0 Å². The highest BCUT2D eigenvalue weighted by Crippen LogP contribution is 2.37. The van der Waals surface area contributed by atoms with Gasteiger partial charge in [0.2, 0.25) is 15.9 Å². The molecule has 2 heterocycles. The molecule has 0 saturated carbocycles. The van der Waals surface area contributed by atoms with Gasteiger partial charge >= 0.3 is 0 Å². The van der Waals surface area contributed by atoms with E-state index in [4.69, 9.17) is 9.47 Å². The molecular formula is C26H34N2O5S. The molecule has 8 heteroatoms. The topological polar surface area (TPSA) is 76.2 Å². The van der Waals surface area contributed by atoms with Crippen LogP contribution in [0.3, 0.4) is 0 Å². The predicted molar refractivity (Wildman–Crippen MR) is 131 cm³/mol. The molecule has 0 bridgehead atoms. The van der Waals surface area contributed by atoms with E-state index >= 15 is 0 Å². The summed E-state index contributed by atoms with van der Waals surface area (Å²) in [5, 5.41) is 0. The molecule has 0 aliphatic carbocycles. The van der Waals surface area contributed by atoms with Crippen LogP contribution < -0.4 is 9.47 Å². The lowest BCUT2D eigenvalue weighted by atomic mass is 10.0. The van der Waals surface area contributed by atoms with Crippen molar-refractivity contribution in [3.05, 3.63) is 53.6 Å². The number of aryl methyl sites for hydroxylation is 1. The zero-order valence-electron chi connectivity index (χ0n) is 20.0. The lowest BCUT2D eigenvalue weighted by Gasteiger charge is -2.26. The number of hydrogen-bond acceptors (Lipinski definition) is 5. The summed E-state index contributed by atoms with van der Waals surface area (Å²) in [7, 11) is -0.210. The molecule has 0 unspecified atom stereocenters. The molecule has 2 saturated heterocycles. The van der Waals surface area contributed by atoms with Gasteiger partial charge in [0, 0.05) is 26.1 Å². The van der Waals surface area contributed by atoms with E-state index < -0.39 is 10.0 Å². The van der Waals surface area contributed by atoms with Crippen molar-refractivity contribution >= 4 is 15.9 Å². The van der Waals surface area contributed by atoms with Crippen LogP contribution in [0, 0.1) is 0 Å². The van der Waals surface area contributed by atoms with E-state index in [1.54, 1.807) is 30.7 Å². The normalized spacial score (nSPS) is 19.2. The number of methoxy groups -OCH3 is 2. The van der Waals surface area contributed by atoms with Crippen LogP contribution in [0.5, 0.6) is 11.5 Å². The van der Waals surface area contributed by atoms with Crippen LogP contribution in [-0.2, 0) is 21.2 Å². The molecule has 2 aliphatic rings. The highest BCUT2D eigenvalue weighted by atomic mass is 32.2. The van der Waals surface area contributed by atoms with E-state index in [0.29, 0.717) is 42.3 Å². The average Bonchev–Trinajstić information content (AvgIpc) is 3.38. The maximum atomic E-state index is 13.1. The minimum absolute atomic E-state index is 0.0318. The second-order valence-corrected chi connectivity index (χ2v) is 10.9. The van der Waals surface area contributed by atoms with Crippen molar-refractivity contribution in [1.82, 2.24) is 9.21 Å². The Balaban J connectivity index is 1.38. The Morgan fingerprint density at radius 3 is 2.29 bits per heavy atom. The maximum absolute atomic E-state index is 13.1. The van der Waals surface area contributed by atoms with Gasteiger partial charge in [-0.05, 0) is 67.5 Å². The predicted octanol–water partition coefficient (Wildman–Crippen LogP) is 4.17.